The van der Waals surface area contributed by atoms with Crippen molar-refractivity contribution in [1.29, 1.82) is 0 Å². The molecule has 1 heterocycles. The molecule has 102 valence electrons. The van der Waals surface area contributed by atoms with Crippen molar-refractivity contribution in [3.05, 3.63) is 32.7 Å². The van der Waals surface area contributed by atoms with E-state index in [0.29, 0.717) is 16.6 Å². The van der Waals surface area contributed by atoms with Crippen LogP contribution in [0.1, 0.15) is 10.4 Å². The molecular weight excluding hydrogens is 382 g/mol. The Hall–Kier alpha value is -0.920. The second kappa shape index (κ2) is 6.02. The molecule has 1 N–H and O–H groups in total. The van der Waals surface area contributed by atoms with Gasteiger partial charge in [-0.1, -0.05) is 15.9 Å². The Morgan fingerprint density at radius 3 is 2.74 bits per heavy atom. The molecule has 1 atom stereocenters. The highest BCUT2D eigenvalue weighted by Crippen LogP contribution is 2.24. The minimum Gasteiger partial charge on any atom is -0.480 e. The zero-order chi connectivity index (χ0) is 14.0. The van der Waals surface area contributed by atoms with E-state index >= 15 is 0 Å². The number of carboxylic acid groups (broad SMARTS) is 1. The van der Waals surface area contributed by atoms with Gasteiger partial charge in [-0.05, 0) is 34.1 Å². The van der Waals surface area contributed by atoms with E-state index < -0.39 is 12.0 Å². The first kappa shape index (κ1) is 14.5. The molecule has 2 rings (SSSR count). The molecule has 0 aliphatic carbocycles. The summed E-state index contributed by atoms with van der Waals surface area (Å²) in [6.07, 6.45) is 0. The summed E-state index contributed by atoms with van der Waals surface area (Å²) in [6.45, 7) is 0.650. The average Bonchev–Trinajstić information content (AvgIpc) is 2.38. The third kappa shape index (κ3) is 3.16. The maximum absolute atomic E-state index is 12.4. The number of ether oxygens (including phenoxy) is 1. The first-order chi connectivity index (χ1) is 9.00. The van der Waals surface area contributed by atoms with E-state index in [1.807, 2.05) is 0 Å². The molecule has 1 aromatic carbocycles. The highest BCUT2D eigenvalue weighted by Gasteiger charge is 2.33. The predicted molar refractivity (Wildman–Crippen MR) is 75.1 cm³/mol. The molecule has 0 bridgehead atoms. The molecule has 5 nitrogen and oxygen atoms in total. The molecule has 19 heavy (non-hydrogen) atoms. The first-order valence-electron chi connectivity index (χ1n) is 5.57. The minimum absolute atomic E-state index is 0.0230. The molecule has 0 saturated carbocycles. The van der Waals surface area contributed by atoms with E-state index in [2.05, 4.69) is 31.9 Å². The van der Waals surface area contributed by atoms with Crippen molar-refractivity contribution in [3.63, 3.8) is 0 Å². The number of carbonyl (C=O) groups excluding carboxylic acids is 1. The molecule has 1 aliphatic rings. The van der Waals surface area contributed by atoms with Crippen LogP contribution in [0.15, 0.2) is 27.1 Å². The molecule has 1 amide bonds. The van der Waals surface area contributed by atoms with Crippen molar-refractivity contribution >= 4 is 43.7 Å². The van der Waals surface area contributed by atoms with Crippen molar-refractivity contribution < 1.29 is 19.4 Å². The monoisotopic (exact) mass is 391 g/mol. The van der Waals surface area contributed by atoms with Crippen molar-refractivity contribution in [3.8, 4) is 0 Å². The number of benzene rings is 1. The van der Waals surface area contributed by atoms with Gasteiger partial charge in [0.05, 0.1) is 18.8 Å². The first-order valence-corrected chi connectivity index (χ1v) is 7.16. The van der Waals surface area contributed by atoms with Gasteiger partial charge in [0, 0.05) is 15.5 Å². The summed E-state index contributed by atoms with van der Waals surface area (Å²) in [5, 5.41) is 9.12. The van der Waals surface area contributed by atoms with Gasteiger partial charge in [0.15, 0.2) is 6.04 Å². The lowest BCUT2D eigenvalue weighted by Gasteiger charge is -2.33. The van der Waals surface area contributed by atoms with E-state index in [0.717, 1.165) is 4.47 Å². The van der Waals surface area contributed by atoms with Crippen LogP contribution in [0.3, 0.4) is 0 Å². The topological polar surface area (TPSA) is 66.8 Å². The average molecular weight is 393 g/mol. The number of halogens is 2. The molecule has 0 radical (unpaired) electrons. The molecule has 7 heteroatoms. The lowest BCUT2D eigenvalue weighted by molar-refractivity contribution is -0.147. The number of carbonyl (C=O) groups is 2. The van der Waals surface area contributed by atoms with Gasteiger partial charge in [-0.15, -0.1) is 0 Å². The SMILES string of the molecule is O=C(O)C1COCCN1C(=O)c1ccc(Br)cc1Br. The molecule has 0 aromatic heterocycles. The van der Waals surface area contributed by atoms with Gasteiger partial charge in [0.25, 0.3) is 5.91 Å². The van der Waals surface area contributed by atoms with Gasteiger partial charge in [0.2, 0.25) is 0 Å². The van der Waals surface area contributed by atoms with Crippen LogP contribution in [0.5, 0.6) is 0 Å². The molecule has 1 fully saturated rings. The molecule has 1 aliphatic heterocycles. The molecule has 1 saturated heterocycles. The zero-order valence-corrected chi connectivity index (χ0v) is 13.0. The zero-order valence-electron chi connectivity index (χ0n) is 9.81. The van der Waals surface area contributed by atoms with Crippen LogP contribution < -0.4 is 0 Å². The smallest absolute Gasteiger partial charge is 0.328 e. The van der Waals surface area contributed by atoms with Crippen LogP contribution in [0.4, 0.5) is 0 Å². The Balaban J connectivity index is 2.28. The van der Waals surface area contributed by atoms with E-state index in [1.165, 1.54) is 4.90 Å². The summed E-state index contributed by atoms with van der Waals surface area (Å²) >= 11 is 6.62. The third-order valence-corrected chi connectivity index (χ3v) is 3.99. The van der Waals surface area contributed by atoms with Gasteiger partial charge < -0.3 is 14.7 Å². The Bertz CT molecular complexity index is 520. The number of morpholine rings is 1. The number of nitrogens with zero attached hydrogens (tertiary/aromatic N) is 1. The lowest BCUT2D eigenvalue weighted by atomic mass is 10.1. The highest BCUT2D eigenvalue weighted by molar-refractivity contribution is 9.11. The second-order valence-corrected chi connectivity index (χ2v) is 5.82. The van der Waals surface area contributed by atoms with Crippen molar-refractivity contribution in [2.45, 2.75) is 6.04 Å². The second-order valence-electron chi connectivity index (χ2n) is 4.05. The highest BCUT2D eigenvalue weighted by atomic mass is 79.9. The number of hydrogen-bond donors (Lipinski definition) is 1. The quantitative estimate of drug-likeness (QED) is 0.837. The summed E-state index contributed by atoms with van der Waals surface area (Å²) in [6, 6.07) is 4.22. The van der Waals surface area contributed by atoms with E-state index in [-0.39, 0.29) is 19.1 Å². The predicted octanol–water partition coefficient (Wildman–Crippen LogP) is 2.14. The van der Waals surface area contributed by atoms with Gasteiger partial charge in [-0.25, -0.2) is 4.79 Å². The number of rotatable bonds is 2. The Labute approximate surface area is 126 Å². The number of carboxylic acids is 1. The van der Waals surface area contributed by atoms with Gasteiger partial charge in [0.1, 0.15) is 0 Å². The normalized spacial score (nSPS) is 19.3. The summed E-state index contributed by atoms with van der Waals surface area (Å²) in [4.78, 5) is 24.9. The van der Waals surface area contributed by atoms with Gasteiger partial charge >= 0.3 is 5.97 Å². The van der Waals surface area contributed by atoms with Crippen LogP contribution in [-0.2, 0) is 9.53 Å². The van der Waals surface area contributed by atoms with Gasteiger partial charge in [-0.3, -0.25) is 4.79 Å². The Morgan fingerprint density at radius 1 is 1.37 bits per heavy atom. The molecule has 1 aromatic rings. The number of aliphatic carboxylic acids is 1. The van der Waals surface area contributed by atoms with Gasteiger partial charge in [-0.2, -0.15) is 0 Å². The fraction of sp³-hybridized carbons (Fsp3) is 0.333. The van der Waals surface area contributed by atoms with Crippen LogP contribution >= 0.6 is 31.9 Å². The van der Waals surface area contributed by atoms with E-state index in [4.69, 9.17) is 9.84 Å². The molecular formula is C12H11Br2NO4. The molecule has 1 unspecified atom stereocenters. The maximum Gasteiger partial charge on any atom is 0.328 e. The third-order valence-electron chi connectivity index (χ3n) is 2.84. The summed E-state index contributed by atoms with van der Waals surface area (Å²) in [5.74, 6) is -1.36. The van der Waals surface area contributed by atoms with Crippen LogP contribution in [0.25, 0.3) is 0 Å². The van der Waals surface area contributed by atoms with Crippen molar-refractivity contribution in [2.75, 3.05) is 19.8 Å². The number of amides is 1. The molecule has 0 spiro atoms. The van der Waals surface area contributed by atoms with E-state index in [1.54, 1.807) is 18.2 Å². The maximum atomic E-state index is 12.4. The lowest BCUT2D eigenvalue weighted by Crippen LogP contribution is -2.52. The summed E-state index contributed by atoms with van der Waals surface area (Å²) in [7, 11) is 0. The van der Waals surface area contributed by atoms with Crippen LogP contribution in [-0.4, -0.2) is 47.7 Å². The van der Waals surface area contributed by atoms with Crippen LogP contribution in [0, 0.1) is 0 Å². The largest absolute Gasteiger partial charge is 0.480 e. The Kier molecular flexibility index (Phi) is 4.59. The standard InChI is InChI=1S/C12H11Br2NO4/c13-7-1-2-8(9(14)5-7)11(16)15-3-4-19-6-10(15)12(17)18/h1-2,5,10H,3-4,6H2,(H,17,18). The fourth-order valence-electron chi connectivity index (χ4n) is 1.87. The van der Waals surface area contributed by atoms with Crippen LogP contribution in [0.2, 0.25) is 0 Å². The summed E-state index contributed by atoms with van der Waals surface area (Å²) in [5.41, 5.74) is 0.441. The minimum atomic E-state index is -1.05. The van der Waals surface area contributed by atoms with Crippen molar-refractivity contribution in [2.24, 2.45) is 0 Å². The van der Waals surface area contributed by atoms with Crippen molar-refractivity contribution in [1.82, 2.24) is 4.90 Å². The Morgan fingerprint density at radius 2 is 2.11 bits per heavy atom. The number of hydrogen-bond acceptors (Lipinski definition) is 3. The summed E-state index contributed by atoms with van der Waals surface area (Å²) < 4.78 is 6.58. The van der Waals surface area contributed by atoms with E-state index in [9.17, 15) is 9.59 Å². The fourth-order valence-corrected chi connectivity index (χ4v) is 3.09.